The number of aliphatic imine (C=N–C) groups is 1. The molecule has 0 aliphatic carbocycles. The monoisotopic (exact) mass is 313 g/mol. The Morgan fingerprint density at radius 2 is 1.58 bits per heavy atom. The van der Waals surface area contributed by atoms with Gasteiger partial charge in [0, 0.05) is 5.56 Å². The van der Waals surface area contributed by atoms with E-state index in [-0.39, 0.29) is 5.75 Å². The van der Waals surface area contributed by atoms with E-state index >= 15 is 0 Å². The lowest BCUT2D eigenvalue weighted by atomic mass is 10.0. The molecule has 0 fully saturated rings. The largest absolute Gasteiger partial charge is 0.508 e. The van der Waals surface area contributed by atoms with Gasteiger partial charge < -0.3 is 9.52 Å². The highest BCUT2D eigenvalue weighted by molar-refractivity contribution is 5.95. The summed E-state index contributed by atoms with van der Waals surface area (Å²) in [6, 6.07) is 25.0. The van der Waals surface area contributed by atoms with Crippen LogP contribution in [0.2, 0.25) is 0 Å². The molecule has 3 heteroatoms. The fourth-order valence-corrected chi connectivity index (χ4v) is 2.68. The van der Waals surface area contributed by atoms with Crippen LogP contribution in [0.5, 0.6) is 5.75 Å². The summed E-state index contributed by atoms with van der Waals surface area (Å²) in [7, 11) is 0. The summed E-state index contributed by atoms with van der Waals surface area (Å²) in [6.45, 7) is 0. The summed E-state index contributed by atoms with van der Waals surface area (Å²) in [5, 5.41) is 11.6. The molecular weight excluding hydrogens is 298 g/mol. The van der Waals surface area contributed by atoms with Crippen LogP contribution in [-0.4, -0.2) is 11.3 Å². The van der Waals surface area contributed by atoms with Gasteiger partial charge in [0.1, 0.15) is 17.3 Å². The molecule has 4 aromatic rings. The van der Waals surface area contributed by atoms with E-state index in [4.69, 9.17) is 4.42 Å². The number of phenols is 1. The van der Waals surface area contributed by atoms with Gasteiger partial charge >= 0.3 is 0 Å². The molecule has 0 aliphatic heterocycles. The molecule has 116 valence electrons. The summed E-state index contributed by atoms with van der Waals surface area (Å²) >= 11 is 0. The van der Waals surface area contributed by atoms with Crippen LogP contribution in [0.1, 0.15) is 5.76 Å². The highest BCUT2D eigenvalue weighted by atomic mass is 16.3. The fraction of sp³-hybridized carbons (Fsp3) is 0. The topological polar surface area (TPSA) is 45.7 Å². The third kappa shape index (κ3) is 2.79. The Morgan fingerprint density at radius 3 is 2.46 bits per heavy atom. The van der Waals surface area contributed by atoms with E-state index in [9.17, 15) is 5.11 Å². The highest BCUT2D eigenvalue weighted by Crippen LogP contribution is 2.29. The maximum Gasteiger partial charge on any atom is 0.145 e. The second-order valence-electron chi connectivity index (χ2n) is 5.50. The van der Waals surface area contributed by atoms with Crippen LogP contribution in [-0.2, 0) is 0 Å². The Bertz CT molecular complexity index is 1010. The molecule has 0 saturated heterocycles. The maximum atomic E-state index is 9.29. The number of aromatic hydroxyl groups is 1. The van der Waals surface area contributed by atoms with Gasteiger partial charge in [-0.3, -0.25) is 4.99 Å². The molecule has 24 heavy (non-hydrogen) atoms. The van der Waals surface area contributed by atoms with Gasteiger partial charge in [-0.15, -0.1) is 0 Å². The quantitative estimate of drug-likeness (QED) is 0.504. The van der Waals surface area contributed by atoms with Crippen LogP contribution >= 0.6 is 0 Å². The van der Waals surface area contributed by atoms with Gasteiger partial charge in [0.25, 0.3) is 0 Å². The summed E-state index contributed by atoms with van der Waals surface area (Å²) < 4.78 is 5.92. The van der Waals surface area contributed by atoms with Crippen molar-refractivity contribution in [1.82, 2.24) is 0 Å². The standard InChI is InChI=1S/C21H15NO2/c23-17-10-8-16(9-11-17)22-14-18-12-13-21(24-18)20-7-3-5-15-4-1-2-6-19(15)20/h1-14,23H. The van der Waals surface area contributed by atoms with Crippen molar-refractivity contribution < 1.29 is 9.52 Å². The minimum atomic E-state index is 0.227. The Balaban J connectivity index is 1.66. The van der Waals surface area contributed by atoms with Gasteiger partial charge in [-0.25, -0.2) is 0 Å². The average Bonchev–Trinajstić information content (AvgIpc) is 3.09. The van der Waals surface area contributed by atoms with E-state index < -0.39 is 0 Å². The van der Waals surface area contributed by atoms with Crippen molar-refractivity contribution in [1.29, 1.82) is 0 Å². The van der Waals surface area contributed by atoms with Crippen molar-refractivity contribution in [2.24, 2.45) is 4.99 Å². The molecular formula is C21H15NO2. The van der Waals surface area contributed by atoms with Crippen molar-refractivity contribution >= 4 is 22.7 Å². The number of furan rings is 1. The van der Waals surface area contributed by atoms with Crippen molar-refractivity contribution in [2.75, 3.05) is 0 Å². The molecule has 1 N–H and O–H groups in total. The number of phenolic OH excluding ortho intramolecular Hbond substituents is 1. The number of hydrogen-bond acceptors (Lipinski definition) is 3. The number of benzene rings is 3. The van der Waals surface area contributed by atoms with Crippen LogP contribution < -0.4 is 0 Å². The third-order valence-corrected chi connectivity index (χ3v) is 3.87. The number of rotatable bonds is 3. The fourth-order valence-electron chi connectivity index (χ4n) is 2.68. The average molecular weight is 313 g/mol. The van der Waals surface area contributed by atoms with Gasteiger partial charge in [-0.2, -0.15) is 0 Å². The minimum absolute atomic E-state index is 0.227. The Morgan fingerprint density at radius 1 is 0.792 bits per heavy atom. The molecule has 1 heterocycles. The van der Waals surface area contributed by atoms with Crippen LogP contribution in [0.15, 0.2) is 88.3 Å². The van der Waals surface area contributed by atoms with Crippen LogP contribution in [0.3, 0.4) is 0 Å². The highest BCUT2D eigenvalue weighted by Gasteiger charge is 2.07. The summed E-state index contributed by atoms with van der Waals surface area (Å²) in [6.07, 6.45) is 1.68. The van der Waals surface area contributed by atoms with Crippen molar-refractivity contribution in [2.45, 2.75) is 0 Å². The number of fused-ring (bicyclic) bond motifs is 1. The maximum absolute atomic E-state index is 9.29. The molecule has 1 aromatic heterocycles. The van der Waals surface area contributed by atoms with E-state index in [0.717, 1.165) is 22.4 Å². The van der Waals surface area contributed by atoms with E-state index in [2.05, 4.69) is 29.3 Å². The molecule has 0 spiro atoms. The first kappa shape index (κ1) is 14.3. The van der Waals surface area contributed by atoms with Gasteiger partial charge in [-0.05, 0) is 47.2 Å². The first-order chi connectivity index (χ1) is 11.8. The first-order valence-electron chi connectivity index (χ1n) is 7.71. The molecule has 0 bridgehead atoms. The molecule has 3 aromatic carbocycles. The molecule has 0 unspecified atom stereocenters. The number of hydrogen-bond donors (Lipinski definition) is 1. The number of nitrogens with zero attached hydrogens (tertiary/aromatic N) is 1. The molecule has 0 saturated carbocycles. The van der Waals surface area contributed by atoms with Gasteiger partial charge in [0.05, 0.1) is 11.9 Å². The Hall–Kier alpha value is -3.33. The van der Waals surface area contributed by atoms with Crippen LogP contribution in [0.4, 0.5) is 5.69 Å². The van der Waals surface area contributed by atoms with Crippen LogP contribution in [0.25, 0.3) is 22.1 Å². The predicted octanol–water partition coefficient (Wildman–Crippen LogP) is 5.56. The normalized spacial score (nSPS) is 11.3. The first-order valence-corrected chi connectivity index (χ1v) is 7.71. The van der Waals surface area contributed by atoms with Crippen molar-refractivity contribution in [3.8, 4) is 17.1 Å². The minimum Gasteiger partial charge on any atom is -0.508 e. The van der Waals surface area contributed by atoms with Gasteiger partial charge in [0.15, 0.2) is 0 Å². The Labute approximate surface area is 139 Å². The lowest BCUT2D eigenvalue weighted by Crippen LogP contribution is -1.79. The summed E-state index contributed by atoms with van der Waals surface area (Å²) in [4.78, 5) is 4.36. The zero-order valence-corrected chi connectivity index (χ0v) is 12.9. The lowest BCUT2D eigenvalue weighted by Gasteiger charge is -2.03. The molecule has 3 nitrogen and oxygen atoms in total. The zero-order chi connectivity index (χ0) is 16.4. The molecule has 0 amide bonds. The lowest BCUT2D eigenvalue weighted by molar-refractivity contribution is 0.475. The van der Waals surface area contributed by atoms with Crippen LogP contribution in [0, 0.1) is 0 Å². The smallest absolute Gasteiger partial charge is 0.145 e. The van der Waals surface area contributed by atoms with E-state index in [1.54, 1.807) is 30.5 Å². The predicted molar refractivity (Wildman–Crippen MR) is 97.0 cm³/mol. The molecule has 0 radical (unpaired) electrons. The van der Waals surface area contributed by atoms with E-state index in [1.807, 2.05) is 30.3 Å². The second kappa shape index (κ2) is 6.05. The third-order valence-electron chi connectivity index (χ3n) is 3.87. The van der Waals surface area contributed by atoms with E-state index in [1.165, 1.54) is 5.39 Å². The van der Waals surface area contributed by atoms with Crippen molar-refractivity contribution in [3.05, 3.63) is 84.6 Å². The van der Waals surface area contributed by atoms with Gasteiger partial charge in [0.2, 0.25) is 0 Å². The Kier molecular flexibility index (Phi) is 3.60. The molecule has 4 rings (SSSR count). The SMILES string of the molecule is Oc1ccc(N=Cc2ccc(-c3cccc4ccccc34)o2)cc1. The van der Waals surface area contributed by atoms with Crippen molar-refractivity contribution in [3.63, 3.8) is 0 Å². The zero-order valence-electron chi connectivity index (χ0n) is 12.9. The summed E-state index contributed by atoms with van der Waals surface area (Å²) in [5.41, 5.74) is 1.83. The molecule has 0 aliphatic rings. The van der Waals surface area contributed by atoms with Gasteiger partial charge in [-0.1, -0.05) is 42.5 Å². The second-order valence-corrected chi connectivity index (χ2v) is 5.50. The summed E-state index contributed by atoms with van der Waals surface area (Å²) in [5.74, 6) is 1.73. The van der Waals surface area contributed by atoms with E-state index in [0.29, 0.717) is 5.76 Å². The molecule has 0 atom stereocenters.